The second-order valence-electron chi connectivity index (χ2n) is 9.48. The van der Waals surface area contributed by atoms with Crippen LogP contribution >= 0.6 is 0 Å². The highest BCUT2D eigenvalue weighted by atomic mass is 16.4. The fraction of sp³-hybridized carbons (Fsp3) is 0.276. The summed E-state index contributed by atoms with van der Waals surface area (Å²) in [5.41, 5.74) is 5.90. The van der Waals surface area contributed by atoms with Gasteiger partial charge in [-0.25, -0.2) is 4.79 Å². The fourth-order valence-corrected chi connectivity index (χ4v) is 4.79. The van der Waals surface area contributed by atoms with Crippen LogP contribution in [-0.2, 0) is 6.67 Å². The summed E-state index contributed by atoms with van der Waals surface area (Å²) in [6, 6.07) is 18.7. The third-order valence-corrected chi connectivity index (χ3v) is 6.89. The summed E-state index contributed by atoms with van der Waals surface area (Å²) in [5.74, 6) is -0.446. The molecule has 3 aromatic carbocycles. The first kappa shape index (κ1) is 23.8. The van der Waals surface area contributed by atoms with Crippen LogP contribution in [0.15, 0.2) is 69.9 Å². The Morgan fingerprint density at radius 1 is 0.889 bits per heavy atom. The average molecular weight is 484 g/mol. The average Bonchev–Trinajstić information content (AvgIpc) is 3.17. The summed E-state index contributed by atoms with van der Waals surface area (Å²) in [6.07, 6.45) is 0. The van der Waals surface area contributed by atoms with E-state index in [0.29, 0.717) is 34.5 Å². The Labute approximate surface area is 209 Å². The number of benzene rings is 3. The number of aromatic nitrogens is 1. The lowest BCUT2D eigenvalue weighted by Crippen LogP contribution is -2.47. The quantitative estimate of drug-likeness (QED) is 0.378. The summed E-state index contributed by atoms with van der Waals surface area (Å²) in [6.45, 7) is 9.05. The molecule has 0 radical (unpaired) electrons. The molecule has 5 rings (SSSR count). The van der Waals surface area contributed by atoms with Crippen LogP contribution in [-0.4, -0.2) is 47.2 Å². The number of carbonyl (C=O) groups is 2. The monoisotopic (exact) mass is 483 g/mol. The molecule has 0 bridgehead atoms. The van der Waals surface area contributed by atoms with Gasteiger partial charge in [-0.2, -0.15) is 0 Å². The lowest BCUT2D eigenvalue weighted by molar-refractivity contribution is 0.101. The first-order chi connectivity index (χ1) is 17.3. The van der Waals surface area contributed by atoms with E-state index in [0.717, 1.165) is 43.0 Å². The number of nitrogens with zero attached hydrogens (tertiary/aromatic N) is 3. The van der Waals surface area contributed by atoms with Gasteiger partial charge in [-0.3, -0.25) is 19.1 Å². The molecular formula is C29H29N3O4. The Morgan fingerprint density at radius 3 is 2.28 bits per heavy atom. The maximum atomic E-state index is 13.1. The van der Waals surface area contributed by atoms with Gasteiger partial charge in [0.05, 0.1) is 12.2 Å². The molecule has 184 valence electrons. The molecule has 0 aliphatic carbocycles. The van der Waals surface area contributed by atoms with Gasteiger partial charge in [0.25, 0.3) is 0 Å². The third kappa shape index (κ3) is 4.62. The van der Waals surface area contributed by atoms with Crippen molar-refractivity contribution in [3.63, 3.8) is 0 Å². The molecule has 0 atom stereocenters. The van der Waals surface area contributed by atoms with Crippen LogP contribution in [0.3, 0.4) is 0 Å². The maximum absolute atomic E-state index is 13.1. The molecule has 1 aliphatic rings. The minimum Gasteiger partial charge on any atom is -0.408 e. The van der Waals surface area contributed by atoms with Crippen molar-refractivity contribution in [2.75, 3.05) is 31.1 Å². The largest absolute Gasteiger partial charge is 0.421 e. The number of carbonyl (C=O) groups excluding carboxylic acids is 2. The predicted molar refractivity (Wildman–Crippen MR) is 140 cm³/mol. The molecule has 1 saturated heterocycles. The van der Waals surface area contributed by atoms with E-state index in [1.807, 2.05) is 62.4 Å². The Kier molecular flexibility index (Phi) is 6.33. The Balaban J connectivity index is 1.32. The molecule has 4 aromatic rings. The van der Waals surface area contributed by atoms with E-state index in [2.05, 4.69) is 9.80 Å². The normalized spacial score (nSPS) is 14.4. The van der Waals surface area contributed by atoms with Crippen LogP contribution < -0.4 is 10.7 Å². The SMILES string of the molecule is CC(=O)c1ccc(N2CCN(Cn3c(=O)oc4cc(C(=O)c5cccc(C)c5)c(C)cc43)CC2)cc1. The van der Waals surface area contributed by atoms with E-state index in [1.54, 1.807) is 23.6 Å². The van der Waals surface area contributed by atoms with E-state index in [4.69, 9.17) is 4.42 Å². The Morgan fingerprint density at radius 2 is 1.61 bits per heavy atom. The van der Waals surface area contributed by atoms with Gasteiger partial charge >= 0.3 is 5.76 Å². The van der Waals surface area contributed by atoms with Crippen molar-refractivity contribution in [2.24, 2.45) is 0 Å². The van der Waals surface area contributed by atoms with Crippen LogP contribution in [0, 0.1) is 13.8 Å². The minimum atomic E-state index is -0.424. The van der Waals surface area contributed by atoms with Gasteiger partial charge in [-0.05, 0) is 68.8 Å². The van der Waals surface area contributed by atoms with Crippen molar-refractivity contribution in [1.29, 1.82) is 0 Å². The van der Waals surface area contributed by atoms with E-state index >= 15 is 0 Å². The van der Waals surface area contributed by atoms with Crippen molar-refractivity contribution in [3.05, 3.63) is 99.0 Å². The van der Waals surface area contributed by atoms with Crippen LogP contribution in [0.2, 0.25) is 0 Å². The smallest absolute Gasteiger partial charge is 0.408 e. The van der Waals surface area contributed by atoms with E-state index in [-0.39, 0.29) is 11.6 Å². The molecule has 0 saturated carbocycles. The highest BCUT2D eigenvalue weighted by molar-refractivity contribution is 6.11. The summed E-state index contributed by atoms with van der Waals surface area (Å²) >= 11 is 0. The molecule has 36 heavy (non-hydrogen) atoms. The van der Waals surface area contributed by atoms with Crippen LogP contribution in [0.25, 0.3) is 11.1 Å². The molecule has 0 amide bonds. The lowest BCUT2D eigenvalue weighted by Gasteiger charge is -2.36. The molecular weight excluding hydrogens is 454 g/mol. The molecule has 0 spiro atoms. The zero-order valence-electron chi connectivity index (χ0n) is 20.8. The summed E-state index contributed by atoms with van der Waals surface area (Å²) in [5, 5.41) is 0. The van der Waals surface area contributed by atoms with E-state index in [9.17, 15) is 14.4 Å². The topological polar surface area (TPSA) is 75.8 Å². The predicted octanol–water partition coefficient (Wildman–Crippen LogP) is 4.42. The van der Waals surface area contributed by atoms with Gasteiger partial charge in [0.2, 0.25) is 0 Å². The maximum Gasteiger partial charge on any atom is 0.421 e. The number of aryl methyl sites for hydroxylation is 2. The number of Topliss-reactive ketones (excluding diaryl/α,β-unsaturated/α-hetero) is 1. The van der Waals surface area contributed by atoms with Gasteiger partial charge in [-0.15, -0.1) is 0 Å². The summed E-state index contributed by atoms with van der Waals surface area (Å²) in [4.78, 5) is 41.9. The third-order valence-electron chi connectivity index (χ3n) is 6.89. The number of piperazine rings is 1. The second kappa shape index (κ2) is 9.59. The van der Waals surface area contributed by atoms with Gasteiger partial charge in [0, 0.05) is 48.6 Å². The van der Waals surface area contributed by atoms with Gasteiger partial charge in [-0.1, -0.05) is 23.8 Å². The standard InChI is InChI=1S/C29H29N3O4/c1-19-5-4-6-23(15-19)28(34)25-17-27-26(16-20(25)2)32(29(35)36-27)18-30-11-13-31(14-12-30)24-9-7-22(8-10-24)21(3)33/h4-10,15-17H,11-14,18H2,1-3H3. The fourth-order valence-electron chi connectivity index (χ4n) is 4.79. The van der Waals surface area contributed by atoms with Crippen LogP contribution in [0.1, 0.15) is 44.3 Å². The van der Waals surface area contributed by atoms with Gasteiger partial charge < -0.3 is 9.32 Å². The number of anilines is 1. The lowest BCUT2D eigenvalue weighted by atomic mass is 9.97. The zero-order chi connectivity index (χ0) is 25.4. The number of oxazole rings is 1. The molecule has 7 nitrogen and oxygen atoms in total. The summed E-state index contributed by atoms with van der Waals surface area (Å²) < 4.78 is 7.20. The number of rotatable bonds is 6. The number of fused-ring (bicyclic) bond motifs is 1. The number of hydrogen-bond donors (Lipinski definition) is 0. The van der Waals surface area contributed by atoms with Crippen molar-refractivity contribution in [2.45, 2.75) is 27.4 Å². The Bertz CT molecular complexity index is 1510. The molecule has 1 fully saturated rings. The first-order valence-electron chi connectivity index (χ1n) is 12.1. The van der Waals surface area contributed by atoms with Gasteiger partial charge in [0.1, 0.15) is 0 Å². The van der Waals surface area contributed by atoms with Crippen molar-refractivity contribution in [1.82, 2.24) is 9.47 Å². The van der Waals surface area contributed by atoms with Crippen LogP contribution in [0.4, 0.5) is 5.69 Å². The Hall–Kier alpha value is -3.97. The second-order valence-corrected chi connectivity index (χ2v) is 9.48. The van der Waals surface area contributed by atoms with E-state index < -0.39 is 5.76 Å². The van der Waals surface area contributed by atoms with Crippen LogP contribution in [0.5, 0.6) is 0 Å². The molecule has 0 unspecified atom stereocenters. The minimum absolute atomic E-state index is 0.0611. The zero-order valence-corrected chi connectivity index (χ0v) is 20.8. The highest BCUT2D eigenvalue weighted by Gasteiger charge is 2.21. The van der Waals surface area contributed by atoms with Crippen molar-refractivity contribution in [3.8, 4) is 0 Å². The summed E-state index contributed by atoms with van der Waals surface area (Å²) in [7, 11) is 0. The van der Waals surface area contributed by atoms with Crippen molar-refractivity contribution >= 4 is 28.4 Å². The molecule has 2 heterocycles. The van der Waals surface area contributed by atoms with Crippen molar-refractivity contribution < 1.29 is 14.0 Å². The molecule has 1 aliphatic heterocycles. The first-order valence-corrected chi connectivity index (χ1v) is 12.1. The molecule has 1 aromatic heterocycles. The molecule has 7 heteroatoms. The van der Waals surface area contributed by atoms with E-state index in [1.165, 1.54) is 0 Å². The molecule has 0 N–H and O–H groups in total. The highest BCUT2D eigenvalue weighted by Crippen LogP contribution is 2.23. The number of ketones is 2. The number of hydrogen-bond acceptors (Lipinski definition) is 6. The van der Waals surface area contributed by atoms with Gasteiger partial charge in [0.15, 0.2) is 17.1 Å².